The molecule has 2 nitrogen and oxygen atoms in total. The first-order valence-electron chi connectivity index (χ1n) is 7.06. The van der Waals surface area contributed by atoms with E-state index in [0.29, 0.717) is 6.10 Å². The first kappa shape index (κ1) is 14.9. The number of halogens is 2. The predicted molar refractivity (Wildman–Crippen MR) is 90.1 cm³/mol. The van der Waals surface area contributed by atoms with Gasteiger partial charge in [-0.3, -0.25) is 0 Å². The van der Waals surface area contributed by atoms with Crippen LogP contribution in [0.3, 0.4) is 0 Å². The average Bonchev–Trinajstić information content (AvgIpc) is 3.28. The van der Waals surface area contributed by atoms with Crippen molar-refractivity contribution in [1.29, 1.82) is 0 Å². The van der Waals surface area contributed by atoms with Gasteiger partial charge in [0.05, 0.1) is 17.2 Å². The van der Waals surface area contributed by atoms with Gasteiger partial charge in [0, 0.05) is 4.47 Å². The fraction of sp³-hybridized carbons (Fsp3) is 0.294. The Bertz CT molecular complexity index is 642. The maximum absolute atomic E-state index is 6.21. The standard InChI is InChI=1S/C17H17BrClNO/c1-20-17(12-5-8-15(18)16(19)10-12)11-3-2-4-14(9-11)21-13-6-7-13/h2-5,8-10,13,17,20H,6-7H2,1H3. The molecule has 1 unspecified atom stereocenters. The van der Waals surface area contributed by atoms with E-state index in [0.717, 1.165) is 20.8 Å². The predicted octanol–water partition coefficient (Wildman–Crippen LogP) is 4.95. The number of hydrogen-bond acceptors (Lipinski definition) is 2. The van der Waals surface area contributed by atoms with Gasteiger partial charge in [-0.2, -0.15) is 0 Å². The maximum atomic E-state index is 6.21. The molecule has 0 aromatic heterocycles. The van der Waals surface area contributed by atoms with Crippen LogP contribution in [0.25, 0.3) is 0 Å². The molecule has 1 atom stereocenters. The molecule has 1 saturated carbocycles. The summed E-state index contributed by atoms with van der Waals surface area (Å²) in [4.78, 5) is 0. The molecule has 2 aromatic rings. The molecule has 0 saturated heterocycles. The van der Waals surface area contributed by atoms with Gasteiger partial charge in [0.15, 0.2) is 0 Å². The van der Waals surface area contributed by atoms with Crippen molar-refractivity contribution in [2.75, 3.05) is 7.05 Å². The highest BCUT2D eigenvalue weighted by molar-refractivity contribution is 9.10. The molecule has 0 heterocycles. The van der Waals surface area contributed by atoms with E-state index in [2.05, 4.69) is 39.4 Å². The second-order valence-corrected chi connectivity index (χ2v) is 6.55. The molecular weight excluding hydrogens is 350 g/mol. The number of ether oxygens (including phenoxy) is 1. The lowest BCUT2D eigenvalue weighted by molar-refractivity contribution is 0.302. The zero-order valence-corrected chi connectivity index (χ0v) is 14.1. The van der Waals surface area contributed by atoms with Crippen molar-refractivity contribution >= 4 is 27.5 Å². The monoisotopic (exact) mass is 365 g/mol. The second-order valence-electron chi connectivity index (χ2n) is 5.28. The third-order valence-electron chi connectivity index (χ3n) is 3.58. The van der Waals surface area contributed by atoms with Crippen LogP contribution in [0, 0.1) is 0 Å². The van der Waals surface area contributed by atoms with Gasteiger partial charge in [-0.25, -0.2) is 0 Å². The summed E-state index contributed by atoms with van der Waals surface area (Å²) < 4.78 is 6.79. The molecule has 0 aliphatic heterocycles. The van der Waals surface area contributed by atoms with Crippen LogP contribution in [0.15, 0.2) is 46.9 Å². The van der Waals surface area contributed by atoms with E-state index in [4.69, 9.17) is 16.3 Å². The Hall–Kier alpha value is -1.03. The van der Waals surface area contributed by atoms with Gasteiger partial charge in [-0.1, -0.05) is 29.8 Å². The summed E-state index contributed by atoms with van der Waals surface area (Å²) in [6.45, 7) is 0. The molecule has 0 spiro atoms. The van der Waals surface area contributed by atoms with Gasteiger partial charge < -0.3 is 10.1 Å². The number of nitrogens with one attached hydrogen (secondary N) is 1. The van der Waals surface area contributed by atoms with Crippen LogP contribution in [0.5, 0.6) is 5.75 Å². The van der Waals surface area contributed by atoms with Crippen LogP contribution in [0.4, 0.5) is 0 Å². The quantitative estimate of drug-likeness (QED) is 0.808. The molecule has 110 valence electrons. The highest BCUT2D eigenvalue weighted by Crippen LogP contribution is 2.32. The smallest absolute Gasteiger partial charge is 0.120 e. The molecule has 0 bridgehead atoms. The molecule has 0 amide bonds. The van der Waals surface area contributed by atoms with Crippen LogP contribution >= 0.6 is 27.5 Å². The first-order chi connectivity index (χ1) is 10.2. The lowest BCUT2D eigenvalue weighted by atomic mass is 9.99. The van der Waals surface area contributed by atoms with Gasteiger partial charge in [0.2, 0.25) is 0 Å². The number of benzene rings is 2. The van der Waals surface area contributed by atoms with Crippen LogP contribution in [-0.2, 0) is 0 Å². The molecule has 0 radical (unpaired) electrons. The van der Waals surface area contributed by atoms with Crippen LogP contribution in [0.2, 0.25) is 5.02 Å². The molecular formula is C17H17BrClNO. The molecule has 21 heavy (non-hydrogen) atoms. The Morgan fingerprint density at radius 1 is 1.19 bits per heavy atom. The zero-order chi connectivity index (χ0) is 14.8. The normalized spacial score (nSPS) is 15.8. The minimum atomic E-state index is 0.0957. The molecule has 1 N–H and O–H groups in total. The Morgan fingerprint density at radius 3 is 2.62 bits per heavy atom. The van der Waals surface area contributed by atoms with E-state index >= 15 is 0 Å². The fourth-order valence-corrected chi connectivity index (χ4v) is 2.80. The summed E-state index contributed by atoms with van der Waals surface area (Å²) >= 11 is 9.64. The lowest BCUT2D eigenvalue weighted by Gasteiger charge is -2.19. The number of hydrogen-bond donors (Lipinski definition) is 1. The van der Waals surface area contributed by atoms with E-state index < -0.39 is 0 Å². The highest BCUT2D eigenvalue weighted by Gasteiger charge is 2.24. The Labute approximate surface area is 138 Å². The summed E-state index contributed by atoms with van der Waals surface area (Å²) in [6.07, 6.45) is 2.75. The fourth-order valence-electron chi connectivity index (χ4n) is 2.36. The average molecular weight is 367 g/mol. The zero-order valence-electron chi connectivity index (χ0n) is 11.8. The molecule has 1 aliphatic rings. The van der Waals surface area contributed by atoms with Crippen molar-refractivity contribution < 1.29 is 4.74 Å². The van der Waals surface area contributed by atoms with Crippen molar-refractivity contribution in [2.24, 2.45) is 0 Å². The Balaban J connectivity index is 1.89. The van der Waals surface area contributed by atoms with Crippen LogP contribution in [0.1, 0.15) is 30.0 Å². The van der Waals surface area contributed by atoms with Crippen molar-refractivity contribution in [3.63, 3.8) is 0 Å². The van der Waals surface area contributed by atoms with E-state index in [1.165, 1.54) is 18.4 Å². The van der Waals surface area contributed by atoms with Gasteiger partial charge in [-0.05, 0) is 71.2 Å². The van der Waals surface area contributed by atoms with E-state index in [9.17, 15) is 0 Å². The van der Waals surface area contributed by atoms with Gasteiger partial charge >= 0.3 is 0 Å². The number of rotatable bonds is 5. The van der Waals surface area contributed by atoms with Crippen molar-refractivity contribution in [1.82, 2.24) is 5.32 Å². The van der Waals surface area contributed by atoms with E-state index in [1.807, 2.05) is 31.3 Å². The van der Waals surface area contributed by atoms with Crippen LogP contribution < -0.4 is 10.1 Å². The van der Waals surface area contributed by atoms with Gasteiger partial charge in [-0.15, -0.1) is 0 Å². The van der Waals surface area contributed by atoms with Gasteiger partial charge in [0.25, 0.3) is 0 Å². The summed E-state index contributed by atoms with van der Waals surface area (Å²) in [7, 11) is 1.95. The van der Waals surface area contributed by atoms with E-state index in [-0.39, 0.29) is 6.04 Å². The second kappa shape index (κ2) is 6.39. The van der Waals surface area contributed by atoms with Crippen molar-refractivity contribution in [3.05, 3.63) is 63.1 Å². The Morgan fingerprint density at radius 2 is 1.95 bits per heavy atom. The van der Waals surface area contributed by atoms with Crippen LogP contribution in [-0.4, -0.2) is 13.2 Å². The highest BCUT2D eigenvalue weighted by atomic mass is 79.9. The summed E-state index contributed by atoms with van der Waals surface area (Å²) in [5, 5.41) is 4.07. The third-order valence-corrected chi connectivity index (χ3v) is 4.82. The van der Waals surface area contributed by atoms with Crippen molar-refractivity contribution in [3.8, 4) is 5.75 Å². The summed E-state index contributed by atoms with van der Waals surface area (Å²) in [5.41, 5.74) is 2.31. The minimum Gasteiger partial charge on any atom is -0.490 e. The topological polar surface area (TPSA) is 21.3 Å². The lowest BCUT2D eigenvalue weighted by Crippen LogP contribution is -2.17. The minimum absolute atomic E-state index is 0.0957. The molecule has 3 rings (SSSR count). The molecule has 2 aromatic carbocycles. The SMILES string of the molecule is CNC(c1cccc(OC2CC2)c1)c1ccc(Br)c(Cl)c1. The molecule has 1 fully saturated rings. The molecule has 4 heteroatoms. The Kier molecular flexibility index (Phi) is 4.53. The summed E-state index contributed by atoms with van der Waals surface area (Å²) in [5.74, 6) is 0.943. The van der Waals surface area contributed by atoms with Crippen molar-refractivity contribution in [2.45, 2.75) is 25.0 Å². The van der Waals surface area contributed by atoms with E-state index in [1.54, 1.807) is 0 Å². The van der Waals surface area contributed by atoms with Gasteiger partial charge in [0.1, 0.15) is 5.75 Å². The first-order valence-corrected chi connectivity index (χ1v) is 8.23. The third kappa shape index (κ3) is 3.60. The molecule has 1 aliphatic carbocycles. The largest absolute Gasteiger partial charge is 0.490 e. The summed E-state index contributed by atoms with van der Waals surface area (Å²) in [6, 6.07) is 14.4. The maximum Gasteiger partial charge on any atom is 0.120 e.